The zero-order valence-corrected chi connectivity index (χ0v) is 12.0. The van der Waals surface area contributed by atoms with Crippen LogP contribution in [0, 0.1) is 10.1 Å². The highest BCUT2D eigenvalue weighted by molar-refractivity contribution is 6.36. The molecule has 6 nitrogen and oxygen atoms in total. The molecule has 0 saturated heterocycles. The largest absolute Gasteiger partial charge is 0.298 e. The van der Waals surface area contributed by atoms with E-state index in [9.17, 15) is 14.9 Å². The fourth-order valence-electron chi connectivity index (χ4n) is 1.54. The van der Waals surface area contributed by atoms with E-state index in [1.807, 2.05) is 0 Å². The van der Waals surface area contributed by atoms with E-state index in [1.165, 1.54) is 36.4 Å². The summed E-state index contributed by atoms with van der Waals surface area (Å²) in [5, 5.41) is 11.2. The van der Waals surface area contributed by atoms with E-state index in [-0.39, 0.29) is 16.3 Å². The molecule has 0 unspecified atom stereocenters. The number of non-ortho nitro benzene ring substituents is 1. The Hall–Kier alpha value is -2.31. The SMILES string of the molecule is O=C(NNc1ccc([N+](=O)[O-])cc1)c1ccc(Cl)cc1Cl. The second-order valence-electron chi connectivity index (χ2n) is 4.01. The van der Waals surface area contributed by atoms with E-state index >= 15 is 0 Å². The molecule has 0 aliphatic rings. The highest BCUT2D eigenvalue weighted by atomic mass is 35.5. The van der Waals surface area contributed by atoms with Gasteiger partial charge in [0.05, 0.1) is 21.2 Å². The van der Waals surface area contributed by atoms with Crippen molar-refractivity contribution >= 4 is 40.5 Å². The lowest BCUT2D eigenvalue weighted by Gasteiger charge is -2.09. The van der Waals surface area contributed by atoms with Crippen molar-refractivity contribution < 1.29 is 9.72 Å². The number of carbonyl (C=O) groups excluding carboxylic acids is 1. The molecular formula is C13H9Cl2N3O3. The van der Waals surface area contributed by atoms with Gasteiger partial charge in [0.2, 0.25) is 0 Å². The summed E-state index contributed by atoms with van der Waals surface area (Å²) < 4.78 is 0. The minimum absolute atomic E-state index is 0.0346. The molecule has 0 saturated carbocycles. The Kier molecular flexibility index (Phi) is 4.62. The van der Waals surface area contributed by atoms with Gasteiger partial charge < -0.3 is 0 Å². The van der Waals surface area contributed by atoms with Crippen LogP contribution in [0.15, 0.2) is 42.5 Å². The maximum Gasteiger partial charge on any atom is 0.271 e. The number of carbonyl (C=O) groups is 1. The standard InChI is InChI=1S/C13H9Cl2N3O3/c14-8-1-6-11(12(15)7-8)13(19)17-16-9-2-4-10(5-3-9)18(20)21/h1-7,16H,(H,17,19). The number of nitro benzene ring substituents is 1. The second kappa shape index (κ2) is 6.43. The van der Waals surface area contributed by atoms with Gasteiger partial charge in [-0.15, -0.1) is 0 Å². The van der Waals surface area contributed by atoms with Crippen LogP contribution in [-0.2, 0) is 0 Å². The van der Waals surface area contributed by atoms with Gasteiger partial charge in [-0.3, -0.25) is 25.8 Å². The first-order valence-corrected chi connectivity index (χ1v) is 6.49. The van der Waals surface area contributed by atoms with Crippen LogP contribution in [0.2, 0.25) is 10.0 Å². The summed E-state index contributed by atoms with van der Waals surface area (Å²) in [5.74, 6) is -0.449. The fourth-order valence-corrected chi connectivity index (χ4v) is 2.03. The van der Waals surface area contributed by atoms with Crippen LogP contribution >= 0.6 is 23.2 Å². The molecule has 0 bridgehead atoms. The lowest BCUT2D eigenvalue weighted by atomic mass is 10.2. The molecule has 0 spiro atoms. The Balaban J connectivity index is 2.02. The topological polar surface area (TPSA) is 84.3 Å². The molecule has 21 heavy (non-hydrogen) atoms. The number of benzene rings is 2. The fraction of sp³-hybridized carbons (Fsp3) is 0. The van der Waals surface area contributed by atoms with Gasteiger partial charge >= 0.3 is 0 Å². The molecule has 108 valence electrons. The average molecular weight is 326 g/mol. The number of hydrogen-bond donors (Lipinski definition) is 2. The van der Waals surface area contributed by atoms with Crippen LogP contribution in [-0.4, -0.2) is 10.8 Å². The summed E-state index contributed by atoms with van der Waals surface area (Å²) in [5.41, 5.74) is 5.80. The lowest BCUT2D eigenvalue weighted by molar-refractivity contribution is -0.384. The molecule has 0 atom stereocenters. The number of hydrogen-bond acceptors (Lipinski definition) is 4. The molecule has 0 aromatic heterocycles. The Bertz CT molecular complexity index is 690. The van der Waals surface area contributed by atoms with Gasteiger partial charge in [-0.2, -0.15) is 0 Å². The molecule has 0 fully saturated rings. The van der Waals surface area contributed by atoms with Crippen molar-refractivity contribution in [3.63, 3.8) is 0 Å². The van der Waals surface area contributed by atoms with Gasteiger partial charge in [0.15, 0.2) is 0 Å². The molecule has 2 N–H and O–H groups in total. The summed E-state index contributed by atoms with van der Waals surface area (Å²) in [6.45, 7) is 0. The van der Waals surface area contributed by atoms with Crippen LogP contribution in [0.3, 0.4) is 0 Å². The molecule has 0 heterocycles. The second-order valence-corrected chi connectivity index (χ2v) is 4.85. The minimum atomic E-state index is -0.504. The van der Waals surface area contributed by atoms with E-state index in [0.717, 1.165) is 0 Å². The highest BCUT2D eigenvalue weighted by Gasteiger charge is 2.10. The minimum Gasteiger partial charge on any atom is -0.298 e. The van der Waals surface area contributed by atoms with Gasteiger partial charge in [-0.1, -0.05) is 23.2 Å². The summed E-state index contributed by atoms with van der Waals surface area (Å²) in [6, 6.07) is 10.1. The summed E-state index contributed by atoms with van der Waals surface area (Å²) >= 11 is 11.7. The Morgan fingerprint density at radius 1 is 1.10 bits per heavy atom. The van der Waals surface area contributed by atoms with Gasteiger partial charge in [0, 0.05) is 17.2 Å². The number of halogens is 2. The van der Waals surface area contributed by atoms with Crippen molar-refractivity contribution in [2.45, 2.75) is 0 Å². The number of nitro groups is 1. The first-order valence-electron chi connectivity index (χ1n) is 5.73. The third-order valence-electron chi connectivity index (χ3n) is 2.57. The molecule has 2 aromatic rings. The number of anilines is 1. The third-order valence-corrected chi connectivity index (χ3v) is 3.12. The van der Waals surface area contributed by atoms with Crippen molar-refractivity contribution in [2.75, 3.05) is 5.43 Å². The van der Waals surface area contributed by atoms with Crippen LogP contribution in [0.4, 0.5) is 11.4 Å². The number of nitrogens with zero attached hydrogens (tertiary/aromatic N) is 1. The molecular weight excluding hydrogens is 317 g/mol. The van der Waals surface area contributed by atoms with E-state index in [4.69, 9.17) is 23.2 Å². The predicted molar refractivity (Wildman–Crippen MR) is 80.6 cm³/mol. The monoisotopic (exact) mass is 325 g/mol. The average Bonchev–Trinajstić information content (AvgIpc) is 2.45. The van der Waals surface area contributed by atoms with Crippen molar-refractivity contribution in [3.8, 4) is 0 Å². The number of hydrazine groups is 1. The van der Waals surface area contributed by atoms with E-state index < -0.39 is 10.8 Å². The summed E-state index contributed by atoms with van der Waals surface area (Å²) in [7, 11) is 0. The maximum absolute atomic E-state index is 11.9. The van der Waals surface area contributed by atoms with Gasteiger partial charge in [0.25, 0.3) is 11.6 Å². The summed E-state index contributed by atoms with van der Waals surface area (Å²) in [6.07, 6.45) is 0. The van der Waals surface area contributed by atoms with Crippen LogP contribution in [0.1, 0.15) is 10.4 Å². The van der Waals surface area contributed by atoms with E-state index in [1.54, 1.807) is 6.07 Å². The van der Waals surface area contributed by atoms with Gasteiger partial charge in [0.1, 0.15) is 0 Å². The van der Waals surface area contributed by atoms with Crippen LogP contribution in [0.5, 0.6) is 0 Å². The first-order chi connectivity index (χ1) is 9.97. The quantitative estimate of drug-likeness (QED) is 0.663. The Morgan fingerprint density at radius 2 is 1.76 bits per heavy atom. The number of amides is 1. The molecule has 2 aromatic carbocycles. The molecule has 2 rings (SSSR count). The van der Waals surface area contributed by atoms with Gasteiger partial charge in [-0.05, 0) is 30.3 Å². The lowest BCUT2D eigenvalue weighted by Crippen LogP contribution is -2.29. The molecule has 1 amide bonds. The normalized spacial score (nSPS) is 10.0. The molecule has 8 heteroatoms. The molecule has 0 radical (unpaired) electrons. The highest BCUT2D eigenvalue weighted by Crippen LogP contribution is 2.21. The Labute approximate surface area is 129 Å². The zero-order chi connectivity index (χ0) is 15.4. The number of nitrogens with one attached hydrogen (secondary N) is 2. The third kappa shape index (κ3) is 3.84. The molecule has 0 aliphatic heterocycles. The van der Waals surface area contributed by atoms with Gasteiger partial charge in [-0.25, -0.2) is 0 Å². The van der Waals surface area contributed by atoms with Crippen LogP contribution in [0.25, 0.3) is 0 Å². The zero-order valence-electron chi connectivity index (χ0n) is 10.5. The predicted octanol–water partition coefficient (Wildman–Crippen LogP) is 3.66. The van der Waals surface area contributed by atoms with E-state index in [2.05, 4.69) is 10.9 Å². The van der Waals surface area contributed by atoms with Crippen molar-refractivity contribution in [3.05, 3.63) is 68.2 Å². The number of rotatable bonds is 4. The van der Waals surface area contributed by atoms with Crippen molar-refractivity contribution in [2.24, 2.45) is 0 Å². The smallest absolute Gasteiger partial charge is 0.271 e. The van der Waals surface area contributed by atoms with Crippen molar-refractivity contribution in [1.82, 2.24) is 5.43 Å². The first kappa shape index (κ1) is 15.1. The maximum atomic E-state index is 11.9. The van der Waals surface area contributed by atoms with Crippen molar-refractivity contribution in [1.29, 1.82) is 0 Å². The van der Waals surface area contributed by atoms with E-state index in [0.29, 0.717) is 10.7 Å². The Morgan fingerprint density at radius 3 is 2.33 bits per heavy atom. The summed E-state index contributed by atoms with van der Waals surface area (Å²) in [4.78, 5) is 21.9. The molecule has 0 aliphatic carbocycles. The van der Waals surface area contributed by atoms with Crippen LogP contribution < -0.4 is 10.9 Å².